The summed E-state index contributed by atoms with van der Waals surface area (Å²) in [5.74, 6) is 0. The Morgan fingerprint density at radius 3 is 2.79 bits per heavy atom. The Morgan fingerprint density at radius 1 is 1.26 bits per heavy atom. The molecule has 0 saturated heterocycles. The van der Waals surface area contributed by atoms with Gasteiger partial charge in [-0.2, -0.15) is 5.26 Å². The Balaban J connectivity index is 2.36. The van der Waals surface area contributed by atoms with Gasteiger partial charge in [0.1, 0.15) is 6.07 Å². The molecular formula is C16H17N3. The third-order valence-corrected chi connectivity index (χ3v) is 2.90. The number of rotatable bonds is 4. The lowest BCUT2D eigenvalue weighted by Gasteiger charge is -2.12. The zero-order valence-corrected chi connectivity index (χ0v) is 11.2. The first-order chi connectivity index (χ1) is 9.20. The fraction of sp³-hybridized carbons (Fsp3) is 0.250. The Bertz CT molecular complexity index is 597. The fourth-order valence-electron chi connectivity index (χ4n) is 1.92. The van der Waals surface area contributed by atoms with Crippen LogP contribution >= 0.6 is 0 Å². The normalized spacial score (nSPS) is 10.4. The van der Waals surface area contributed by atoms with Crippen LogP contribution in [0.25, 0.3) is 11.1 Å². The molecule has 3 nitrogen and oxygen atoms in total. The topological polar surface area (TPSA) is 48.7 Å². The van der Waals surface area contributed by atoms with Crippen molar-refractivity contribution in [2.45, 2.75) is 26.4 Å². The molecule has 1 heterocycles. The van der Waals surface area contributed by atoms with Crippen LogP contribution < -0.4 is 5.32 Å². The van der Waals surface area contributed by atoms with E-state index in [1.165, 1.54) is 5.56 Å². The number of nitriles is 1. The average Bonchev–Trinajstić information content (AvgIpc) is 2.45. The van der Waals surface area contributed by atoms with Crippen molar-refractivity contribution in [1.82, 2.24) is 10.3 Å². The van der Waals surface area contributed by atoms with Gasteiger partial charge in [-0.1, -0.05) is 38.1 Å². The van der Waals surface area contributed by atoms with Crippen molar-refractivity contribution in [2.24, 2.45) is 0 Å². The van der Waals surface area contributed by atoms with Crippen LogP contribution in [0.4, 0.5) is 0 Å². The summed E-state index contributed by atoms with van der Waals surface area (Å²) in [4.78, 5) is 4.13. The molecule has 0 radical (unpaired) electrons. The van der Waals surface area contributed by atoms with E-state index in [9.17, 15) is 0 Å². The highest BCUT2D eigenvalue weighted by atomic mass is 14.9. The van der Waals surface area contributed by atoms with E-state index in [0.29, 0.717) is 11.6 Å². The molecule has 0 atom stereocenters. The quantitative estimate of drug-likeness (QED) is 0.908. The minimum Gasteiger partial charge on any atom is -0.310 e. The Labute approximate surface area is 113 Å². The highest BCUT2D eigenvalue weighted by Crippen LogP contribution is 2.23. The summed E-state index contributed by atoms with van der Waals surface area (Å²) in [6, 6.07) is 12.6. The summed E-state index contributed by atoms with van der Waals surface area (Å²) < 4.78 is 0. The van der Waals surface area contributed by atoms with E-state index in [0.717, 1.165) is 17.7 Å². The monoisotopic (exact) mass is 251 g/mol. The van der Waals surface area contributed by atoms with Crippen molar-refractivity contribution in [3.63, 3.8) is 0 Å². The lowest BCUT2D eigenvalue weighted by molar-refractivity contribution is 0.589. The summed E-state index contributed by atoms with van der Waals surface area (Å²) in [6.45, 7) is 5.06. The van der Waals surface area contributed by atoms with E-state index in [1.807, 2.05) is 18.2 Å². The van der Waals surface area contributed by atoms with Crippen LogP contribution in [0.5, 0.6) is 0 Å². The zero-order valence-electron chi connectivity index (χ0n) is 11.2. The van der Waals surface area contributed by atoms with Crippen LogP contribution in [-0.4, -0.2) is 11.0 Å². The van der Waals surface area contributed by atoms with Gasteiger partial charge in [-0.15, -0.1) is 0 Å². The van der Waals surface area contributed by atoms with Gasteiger partial charge < -0.3 is 5.32 Å². The molecule has 0 aliphatic carbocycles. The van der Waals surface area contributed by atoms with Crippen molar-refractivity contribution >= 4 is 0 Å². The molecule has 0 spiro atoms. The maximum atomic E-state index is 8.95. The summed E-state index contributed by atoms with van der Waals surface area (Å²) in [5, 5.41) is 12.4. The third kappa shape index (κ3) is 3.40. The van der Waals surface area contributed by atoms with E-state index < -0.39 is 0 Å². The molecule has 96 valence electrons. The summed E-state index contributed by atoms with van der Waals surface area (Å²) in [7, 11) is 0. The SMILES string of the molecule is CC(C)NCc1ccccc1-c1cncc(C#N)c1. The van der Waals surface area contributed by atoms with Crippen LogP contribution in [0.15, 0.2) is 42.7 Å². The van der Waals surface area contributed by atoms with Crippen molar-refractivity contribution in [3.8, 4) is 17.2 Å². The predicted octanol–water partition coefficient (Wildman–Crippen LogP) is 3.12. The van der Waals surface area contributed by atoms with Gasteiger partial charge in [0.2, 0.25) is 0 Å². The first-order valence-corrected chi connectivity index (χ1v) is 6.37. The number of nitrogens with one attached hydrogen (secondary N) is 1. The molecule has 1 aromatic heterocycles. The van der Waals surface area contributed by atoms with Crippen molar-refractivity contribution < 1.29 is 0 Å². The van der Waals surface area contributed by atoms with Gasteiger partial charge >= 0.3 is 0 Å². The number of hydrogen-bond donors (Lipinski definition) is 1. The minimum atomic E-state index is 0.441. The second-order valence-corrected chi connectivity index (χ2v) is 4.77. The van der Waals surface area contributed by atoms with E-state index >= 15 is 0 Å². The van der Waals surface area contributed by atoms with Gasteiger partial charge in [0.15, 0.2) is 0 Å². The molecule has 0 saturated carbocycles. The van der Waals surface area contributed by atoms with Crippen LogP contribution in [0.1, 0.15) is 25.0 Å². The molecule has 3 heteroatoms. The van der Waals surface area contributed by atoms with Gasteiger partial charge in [0, 0.05) is 30.5 Å². The first-order valence-electron chi connectivity index (χ1n) is 6.37. The number of nitrogens with zero attached hydrogens (tertiary/aromatic N) is 2. The van der Waals surface area contributed by atoms with E-state index in [4.69, 9.17) is 5.26 Å². The zero-order chi connectivity index (χ0) is 13.7. The molecule has 0 bridgehead atoms. The van der Waals surface area contributed by atoms with E-state index in [1.54, 1.807) is 12.4 Å². The number of aromatic nitrogens is 1. The lowest BCUT2D eigenvalue weighted by Crippen LogP contribution is -2.22. The average molecular weight is 251 g/mol. The number of pyridine rings is 1. The highest BCUT2D eigenvalue weighted by molar-refractivity contribution is 5.67. The third-order valence-electron chi connectivity index (χ3n) is 2.90. The van der Waals surface area contributed by atoms with E-state index in [-0.39, 0.29) is 0 Å². The smallest absolute Gasteiger partial charge is 0.101 e. The lowest BCUT2D eigenvalue weighted by atomic mass is 10.00. The summed E-state index contributed by atoms with van der Waals surface area (Å²) in [5.41, 5.74) is 3.91. The summed E-state index contributed by atoms with van der Waals surface area (Å²) in [6.07, 6.45) is 3.38. The maximum absolute atomic E-state index is 8.95. The van der Waals surface area contributed by atoms with Crippen LogP contribution in [-0.2, 0) is 6.54 Å². The molecular weight excluding hydrogens is 234 g/mol. The second-order valence-electron chi connectivity index (χ2n) is 4.77. The van der Waals surface area contributed by atoms with Crippen molar-refractivity contribution in [1.29, 1.82) is 5.26 Å². The van der Waals surface area contributed by atoms with Gasteiger partial charge in [0.05, 0.1) is 5.56 Å². The Morgan fingerprint density at radius 2 is 2.05 bits per heavy atom. The number of benzene rings is 1. The van der Waals surface area contributed by atoms with Gasteiger partial charge in [-0.05, 0) is 17.2 Å². The van der Waals surface area contributed by atoms with Crippen molar-refractivity contribution in [2.75, 3.05) is 0 Å². The molecule has 2 rings (SSSR count). The summed E-state index contributed by atoms with van der Waals surface area (Å²) >= 11 is 0. The minimum absolute atomic E-state index is 0.441. The van der Waals surface area contributed by atoms with Crippen LogP contribution in [0.3, 0.4) is 0 Å². The largest absolute Gasteiger partial charge is 0.310 e. The maximum Gasteiger partial charge on any atom is 0.101 e. The van der Waals surface area contributed by atoms with Crippen LogP contribution in [0, 0.1) is 11.3 Å². The Hall–Kier alpha value is -2.18. The number of hydrogen-bond acceptors (Lipinski definition) is 3. The van der Waals surface area contributed by atoms with Crippen LogP contribution in [0.2, 0.25) is 0 Å². The van der Waals surface area contributed by atoms with E-state index in [2.05, 4.69) is 42.4 Å². The van der Waals surface area contributed by atoms with Crippen molar-refractivity contribution in [3.05, 3.63) is 53.9 Å². The highest BCUT2D eigenvalue weighted by Gasteiger charge is 2.06. The molecule has 0 fully saturated rings. The fourth-order valence-corrected chi connectivity index (χ4v) is 1.92. The second kappa shape index (κ2) is 6.12. The Kier molecular flexibility index (Phi) is 4.27. The molecule has 19 heavy (non-hydrogen) atoms. The molecule has 0 aliphatic heterocycles. The van der Waals surface area contributed by atoms with Gasteiger partial charge in [0.25, 0.3) is 0 Å². The molecule has 0 amide bonds. The molecule has 0 aliphatic rings. The predicted molar refractivity (Wildman–Crippen MR) is 76.4 cm³/mol. The molecule has 2 aromatic rings. The standard InChI is InChI=1S/C16H17N3/c1-12(2)19-11-14-5-3-4-6-16(14)15-7-13(8-17)9-18-10-15/h3-7,9-10,12,19H,11H2,1-2H3. The molecule has 1 N–H and O–H groups in total. The first kappa shape index (κ1) is 13.3. The van der Waals surface area contributed by atoms with Gasteiger partial charge in [-0.25, -0.2) is 0 Å². The molecule has 0 unspecified atom stereocenters. The molecule has 1 aromatic carbocycles. The van der Waals surface area contributed by atoms with Gasteiger partial charge in [-0.3, -0.25) is 4.98 Å².